The highest BCUT2D eigenvalue weighted by atomic mass is 35.5. The van der Waals surface area contributed by atoms with Gasteiger partial charge in [0.2, 0.25) is 5.95 Å². The third-order valence-electron chi connectivity index (χ3n) is 4.98. The molecule has 0 unspecified atom stereocenters. The van der Waals surface area contributed by atoms with Crippen LogP contribution in [0.3, 0.4) is 0 Å². The molecular weight excluding hydrogens is 443 g/mol. The quantitative estimate of drug-likeness (QED) is 0.362. The molecule has 0 radical (unpaired) electrons. The van der Waals surface area contributed by atoms with Gasteiger partial charge in [0.15, 0.2) is 0 Å². The lowest BCUT2D eigenvalue weighted by Gasteiger charge is -2.14. The van der Waals surface area contributed by atoms with Gasteiger partial charge in [-0.1, -0.05) is 72.3 Å². The first-order valence-electron chi connectivity index (χ1n) is 10.0. The third-order valence-corrected chi connectivity index (χ3v) is 5.22. The Balaban J connectivity index is 0.00000289. The average Bonchev–Trinajstić information content (AvgIpc) is 2.77. The molecule has 0 aliphatic carbocycles. The minimum atomic E-state index is 0. The summed E-state index contributed by atoms with van der Waals surface area (Å²) in [6.07, 6.45) is 1.35. The van der Waals surface area contributed by atoms with Crippen molar-refractivity contribution in [2.75, 3.05) is 11.5 Å². The van der Waals surface area contributed by atoms with Gasteiger partial charge in [0, 0.05) is 10.6 Å². The Kier molecular flexibility index (Phi) is 7.92. The Morgan fingerprint density at radius 2 is 1.56 bits per heavy atom. The van der Waals surface area contributed by atoms with Gasteiger partial charge in [-0.3, -0.25) is 0 Å². The van der Waals surface area contributed by atoms with Crippen LogP contribution in [0.5, 0.6) is 5.75 Å². The number of aromatic nitrogens is 2. The van der Waals surface area contributed by atoms with E-state index in [1.807, 2.05) is 72.8 Å². The molecule has 0 spiro atoms. The van der Waals surface area contributed by atoms with Crippen molar-refractivity contribution in [1.82, 2.24) is 9.97 Å². The molecule has 1 heterocycles. The maximum Gasteiger partial charge on any atom is 0.222 e. The maximum atomic E-state index is 6.22. The van der Waals surface area contributed by atoms with E-state index in [2.05, 4.69) is 16.0 Å². The zero-order chi connectivity index (χ0) is 21.6. The molecule has 3 aromatic carbocycles. The second-order valence-electron chi connectivity index (χ2n) is 7.18. The van der Waals surface area contributed by atoms with E-state index < -0.39 is 0 Å². The molecule has 4 aromatic rings. The normalized spacial score (nSPS) is 10.4. The largest absolute Gasteiger partial charge is 0.489 e. The molecule has 0 aliphatic heterocycles. The molecule has 0 saturated carbocycles. The number of para-hydroxylation sites is 1. The highest BCUT2D eigenvalue weighted by Crippen LogP contribution is 2.31. The number of nitrogen functional groups attached to an aromatic ring is 2. The number of hydrogen-bond acceptors (Lipinski definition) is 5. The molecule has 0 aliphatic rings. The fourth-order valence-electron chi connectivity index (χ4n) is 3.53. The topological polar surface area (TPSA) is 87.0 Å². The van der Waals surface area contributed by atoms with Gasteiger partial charge in [0.1, 0.15) is 18.2 Å². The number of benzene rings is 3. The van der Waals surface area contributed by atoms with Crippen LogP contribution in [-0.2, 0) is 19.4 Å². The first kappa shape index (κ1) is 23.4. The van der Waals surface area contributed by atoms with Gasteiger partial charge in [-0.2, -0.15) is 4.98 Å². The summed E-state index contributed by atoms with van der Waals surface area (Å²) >= 11 is 6.19. The van der Waals surface area contributed by atoms with Gasteiger partial charge in [-0.05, 0) is 47.7 Å². The van der Waals surface area contributed by atoms with Gasteiger partial charge in [-0.15, -0.1) is 12.4 Å². The predicted octanol–water partition coefficient (Wildman–Crippen LogP) is 5.75. The van der Waals surface area contributed by atoms with E-state index >= 15 is 0 Å². The summed E-state index contributed by atoms with van der Waals surface area (Å²) in [6, 6.07) is 25.6. The summed E-state index contributed by atoms with van der Waals surface area (Å²) in [5, 5.41) is 0.624. The number of nitrogens with two attached hydrogens (primary N) is 2. The Morgan fingerprint density at radius 1 is 0.812 bits per heavy atom. The van der Waals surface area contributed by atoms with Crippen LogP contribution in [0.1, 0.15) is 16.8 Å². The molecular formula is C25H24Cl2N4O. The fourth-order valence-corrected chi connectivity index (χ4v) is 3.72. The predicted molar refractivity (Wildman–Crippen MR) is 133 cm³/mol. The molecule has 0 fully saturated rings. The maximum absolute atomic E-state index is 6.22. The van der Waals surface area contributed by atoms with Gasteiger partial charge in [0.25, 0.3) is 0 Å². The molecule has 164 valence electrons. The van der Waals surface area contributed by atoms with E-state index in [9.17, 15) is 0 Å². The highest BCUT2D eigenvalue weighted by Gasteiger charge is 2.15. The average molecular weight is 467 g/mol. The van der Waals surface area contributed by atoms with Crippen LogP contribution in [-0.4, -0.2) is 9.97 Å². The van der Waals surface area contributed by atoms with Crippen molar-refractivity contribution < 1.29 is 4.74 Å². The van der Waals surface area contributed by atoms with Crippen molar-refractivity contribution in [3.05, 3.63) is 101 Å². The summed E-state index contributed by atoms with van der Waals surface area (Å²) in [5.41, 5.74) is 16.7. The van der Waals surface area contributed by atoms with E-state index in [4.69, 9.17) is 27.8 Å². The Hall–Kier alpha value is -3.28. The Labute approximate surface area is 198 Å². The molecule has 5 nitrogen and oxygen atoms in total. The van der Waals surface area contributed by atoms with Crippen molar-refractivity contribution >= 4 is 35.8 Å². The van der Waals surface area contributed by atoms with E-state index in [0.29, 0.717) is 30.3 Å². The van der Waals surface area contributed by atoms with Crippen LogP contribution >= 0.6 is 24.0 Å². The van der Waals surface area contributed by atoms with E-state index in [1.165, 1.54) is 0 Å². The van der Waals surface area contributed by atoms with E-state index in [1.54, 1.807) is 0 Å². The first-order valence-corrected chi connectivity index (χ1v) is 10.4. The summed E-state index contributed by atoms with van der Waals surface area (Å²) in [6.45, 7) is 0.513. The van der Waals surface area contributed by atoms with E-state index in [-0.39, 0.29) is 18.4 Å². The number of anilines is 2. The number of ether oxygens (including phenoxy) is 1. The summed E-state index contributed by atoms with van der Waals surface area (Å²) in [4.78, 5) is 8.63. The van der Waals surface area contributed by atoms with Crippen molar-refractivity contribution in [2.24, 2.45) is 0 Å². The lowest BCUT2D eigenvalue weighted by atomic mass is 9.99. The molecule has 7 heteroatoms. The number of aryl methyl sites for hydroxylation is 2. The molecule has 0 bridgehead atoms. The van der Waals surface area contributed by atoms with Crippen LogP contribution in [0.15, 0.2) is 78.9 Å². The number of halogens is 2. The monoisotopic (exact) mass is 466 g/mol. The van der Waals surface area contributed by atoms with Gasteiger partial charge < -0.3 is 16.2 Å². The van der Waals surface area contributed by atoms with Crippen molar-refractivity contribution in [3.8, 4) is 16.9 Å². The van der Waals surface area contributed by atoms with Crippen LogP contribution in [0.25, 0.3) is 11.1 Å². The zero-order valence-corrected chi connectivity index (χ0v) is 18.9. The Morgan fingerprint density at radius 3 is 2.34 bits per heavy atom. The van der Waals surface area contributed by atoms with Crippen LogP contribution in [0.2, 0.25) is 5.02 Å². The molecule has 4 N–H and O–H groups in total. The van der Waals surface area contributed by atoms with Crippen LogP contribution in [0, 0.1) is 0 Å². The fraction of sp³-hybridized carbons (Fsp3) is 0.120. The number of rotatable bonds is 7. The van der Waals surface area contributed by atoms with Crippen molar-refractivity contribution in [2.45, 2.75) is 19.4 Å². The molecule has 0 atom stereocenters. The number of hydrogen-bond donors (Lipinski definition) is 2. The summed E-state index contributed by atoms with van der Waals surface area (Å²) in [5.74, 6) is 1.36. The van der Waals surface area contributed by atoms with E-state index in [0.717, 1.165) is 33.7 Å². The third kappa shape index (κ3) is 5.69. The highest BCUT2D eigenvalue weighted by molar-refractivity contribution is 6.30. The number of nitrogens with zero attached hydrogens (tertiary/aromatic N) is 2. The minimum absolute atomic E-state index is 0. The summed E-state index contributed by atoms with van der Waals surface area (Å²) < 4.78 is 6.09. The van der Waals surface area contributed by atoms with Gasteiger partial charge in [-0.25, -0.2) is 4.98 Å². The standard InChI is InChI=1S/C25H23ClN4O.ClH/c26-20-11-6-10-19(15-20)23-21(29-25(28)30-24(23)27)14-13-18-9-4-5-12-22(18)31-16-17-7-2-1-3-8-17;/h1-12,15H,13-14,16H2,(H4,27,28,29,30);1H. The lowest BCUT2D eigenvalue weighted by Crippen LogP contribution is -2.08. The molecule has 1 aromatic heterocycles. The lowest BCUT2D eigenvalue weighted by molar-refractivity contribution is 0.303. The molecule has 0 saturated heterocycles. The second-order valence-corrected chi connectivity index (χ2v) is 7.62. The molecule has 4 rings (SSSR count). The smallest absolute Gasteiger partial charge is 0.222 e. The second kappa shape index (κ2) is 10.8. The van der Waals surface area contributed by atoms with Gasteiger partial charge >= 0.3 is 0 Å². The molecule has 32 heavy (non-hydrogen) atoms. The van der Waals surface area contributed by atoms with Crippen molar-refractivity contribution in [1.29, 1.82) is 0 Å². The SMILES string of the molecule is Cl.Nc1nc(N)c(-c2cccc(Cl)c2)c(CCc2ccccc2OCc2ccccc2)n1. The summed E-state index contributed by atoms with van der Waals surface area (Å²) in [7, 11) is 0. The van der Waals surface area contributed by atoms with Crippen molar-refractivity contribution in [3.63, 3.8) is 0 Å². The Bertz CT molecular complexity index is 1190. The zero-order valence-electron chi connectivity index (χ0n) is 17.4. The van der Waals surface area contributed by atoms with Crippen LogP contribution < -0.4 is 16.2 Å². The van der Waals surface area contributed by atoms with Gasteiger partial charge in [0.05, 0.1) is 5.69 Å². The first-order chi connectivity index (χ1) is 15.1. The molecule has 0 amide bonds. The minimum Gasteiger partial charge on any atom is -0.489 e. The van der Waals surface area contributed by atoms with Crippen LogP contribution in [0.4, 0.5) is 11.8 Å².